The molecule has 0 aliphatic heterocycles. The van der Waals surface area contributed by atoms with Gasteiger partial charge in [0, 0.05) is 11.8 Å². The number of rotatable bonds is 6. The third-order valence-electron chi connectivity index (χ3n) is 3.59. The lowest BCUT2D eigenvalue weighted by atomic mass is 10.1. The van der Waals surface area contributed by atoms with Gasteiger partial charge >= 0.3 is 5.97 Å². The Hall–Kier alpha value is -2.82. The molecule has 0 aromatic heterocycles. The molecule has 1 amide bonds. The predicted molar refractivity (Wildman–Crippen MR) is 92.3 cm³/mol. The van der Waals surface area contributed by atoms with E-state index in [1.165, 1.54) is 6.92 Å². The molecular formula is C19H21NO4. The first-order chi connectivity index (χ1) is 11.5. The lowest BCUT2D eigenvalue weighted by Crippen LogP contribution is -2.30. The fraction of sp³-hybridized carbons (Fsp3) is 0.263. The molecule has 0 spiro atoms. The maximum absolute atomic E-state index is 12.2. The van der Waals surface area contributed by atoms with E-state index in [-0.39, 0.29) is 0 Å². The molecule has 2 aromatic rings. The first-order valence-corrected chi connectivity index (χ1v) is 7.78. The largest absolute Gasteiger partial charge is 0.497 e. The predicted octanol–water partition coefficient (Wildman–Crippen LogP) is 3.44. The summed E-state index contributed by atoms with van der Waals surface area (Å²) in [6, 6.07) is 14.1. The van der Waals surface area contributed by atoms with Crippen molar-refractivity contribution < 1.29 is 19.1 Å². The molecule has 5 nitrogen and oxygen atoms in total. The molecule has 0 aliphatic carbocycles. The molecule has 5 heteroatoms. The van der Waals surface area contributed by atoms with Crippen molar-refractivity contribution in [2.45, 2.75) is 26.4 Å². The van der Waals surface area contributed by atoms with Gasteiger partial charge in [0.05, 0.1) is 12.7 Å². The molecule has 0 fully saturated rings. The summed E-state index contributed by atoms with van der Waals surface area (Å²) in [4.78, 5) is 24.2. The molecule has 0 bridgehead atoms. The van der Waals surface area contributed by atoms with Gasteiger partial charge in [0.25, 0.3) is 5.91 Å². The first-order valence-electron chi connectivity index (χ1n) is 7.78. The second kappa shape index (κ2) is 8.15. The van der Waals surface area contributed by atoms with Gasteiger partial charge in [-0.3, -0.25) is 4.79 Å². The summed E-state index contributed by atoms with van der Waals surface area (Å²) < 4.78 is 10.3. The Morgan fingerprint density at radius 3 is 2.46 bits per heavy atom. The van der Waals surface area contributed by atoms with E-state index in [1.54, 1.807) is 43.5 Å². The SMILES string of the molecule is CCc1ccc(C(=O)O[C@H](C)C(=O)Nc2cccc(OC)c2)cc1. The summed E-state index contributed by atoms with van der Waals surface area (Å²) in [5.41, 5.74) is 2.14. The highest BCUT2D eigenvalue weighted by Gasteiger charge is 2.19. The Bertz CT molecular complexity index is 710. The zero-order valence-electron chi connectivity index (χ0n) is 14.0. The number of hydrogen-bond donors (Lipinski definition) is 1. The van der Waals surface area contributed by atoms with Crippen molar-refractivity contribution in [1.29, 1.82) is 0 Å². The highest BCUT2D eigenvalue weighted by atomic mass is 16.5. The summed E-state index contributed by atoms with van der Waals surface area (Å²) >= 11 is 0. The summed E-state index contributed by atoms with van der Waals surface area (Å²) in [7, 11) is 1.55. The van der Waals surface area contributed by atoms with Crippen LogP contribution in [0.15, 0.2) is 48.5 Å². The van der Waals surface area contributed by atoms with Crippen LogP contribution in [-0.4, -0.2) is 25.1 Å². The Balaban J connectivity index is 1.95. The average molecular weight is 327 g/mol. The molecule has 1 atom stereocenters. The van der Waals surface area contributed by atoms with Crippen molar-refractivity contribution >= 4 is 17.6 Å². The van der Waals surface area contributed by atoms with Gasteiger partial charge < -0.3 is 14.8 Å². The molecule has 0 heterocycles. The molecule has 24 heavy (non-hydrogen) atoms. The van der Waals surface area contributed by atoms with Crippen LogP contribution in [0.4, 0.5) is 5.69 Å². The van der Waals surface area contributed by atoms with E-state index in [2.05, 4.69) is 5.32 Å². The summed E-state index contributed by atoms with van der Waals surface area (Å²) in [6.07, 6.45) is -0.0103. The van der Waals surface area contributed by atoms with E-state index in [1.807, 2.05) is 19.1 Å². The van der Waals surface area contributed by atoms with Crippen molar-refractivity contribution in [2.24, 2.45) is 0 Å². The monoisotopic (exact) mass is 327 g/mol. The van der Waals surface area contributed by atoms with Crippen LogP contribution in [0.5, 0.6) is 5.75 Å². The number of anilines is 1. The normalized spacial score (nSPS) is 11.5. The van der Waals surface area contributed by atoms with Crippen molar-refractivity contribution in [2.75, 3.05) is 12.4 Å². The van der Waals surface area contributed by atoms with Crippen molar-refractivity contribution in [3.63, 3.8) is 0 Å². The Kier molecular flexibility index (Phi) is 5.95. The molecule has 2 aromatic carbocycles. The third kappa shape index (κ3) is 4.59. The van der Waals surface area contributed by atoms with Gasteiger partial charge in [-0.15, -0.1) is 0 Å². The topological polar surface area (TPSA) is 64.6 Å². The number of methoxy groups -OCH3 is 1. The van der Waals surface area contributed by atoms with Crippen LogP contribution >= 0.6 is 0 Å². The van der Waals surface area contributed by atoms with Gasteiger partial charge in [0.1, 0.15) is 5.75 Å². The van der Waals surface area contributed by atoms with Crippen LogP contribution in [-0.2, 0) is 16.0 Å². The lowest BCUT2D eigenvalue weighted by Gasteiger charge is -2.14. The van der Waals surface area contributed by atoms with E-state index in [4.69, 9.17) is 9.47 Å². The second-order valence-electron chi connectivity index (χ2n) is 5.32. The first kappa shape index (κ1) is 17.5. The van der Waals surface area contributed by atoms with Crippen LogP contribution in [0.2, 0.25) is 0 Å². The number of benzene rings is 2. The standard InChI is InChI=1S/C19H21NO4/c1-4-14-8-10-15(11-9-14)19(22)24-13(2)18(21)20-16-6-5-7-17(12-16)23-3/h5-13H,4H2,1-3H3,(H,20,21)/t13-/m1/s1. The Morgan fingerprint density at radius 2 is 1.83 bits per heavy atom. The lowest BCUT2D eigenvalue weighted by molar-refractivity contribution is -0.123. The molecule has 0 radical (unpaired) electrons. The van der Waals surface area contributed by atoms with Gasteiger partial charge in [-0.2, -0.15) is 0 Å². The molecule has 0 aliphatic rings. The molecule has 2 rings (SSSR count). The molecule has 0 unspecified atom stereocenters. The van der Waals surface area contributed by atoms with Gasteiger partial charge in [-0.25, -0.2) is 4.79 Å². The van der Waals surface area contributed by atoms with E-state index < -0.39 is 18.0 Å². The molecule has 0 saturated carbocycles. The van der Waals surface area contributed by atoms with E-state index in [9.17, 15) is 9.59 Å². The number of nitrogens with one attached hydrogen (secondary N) is 1. The quantitative estimate of drug-likeness (QED) is 0.826. The van der Waals surface area contributed by atoms with Crippen molar-refractivity contribution in [3.8, 4) is 5.75 Å². The summed E-state index contributed by atoms with van der Waals surface area (Å²) in [5.74, 6) is -0.291. The smallest absolute Gasteiger partial charge is 0.338 e. The molecule has 1 N–H and O–H groups in total. The molecular weight excluding hydrogens is 306 g/mol. The van der Waals surface area contributed by atoms with Crippen LogP contribution in [0.25, 0.3) is 0 Å². The number of aryl methyl sites for hydroxylation is 1. The van der Waals surface area contributed by atoms with Crippen LogP contribution < -0.4 is 10.1 Å². The van der Waals surface area contributed by atoms with E-state index in [0.717, 1.165) is 12.0 Å². The van der Waals surface area contributed by atoms with Gasteiger partial charge in [0.2, 0.25) is 0 Å². The zero-order valence-corrected chi connectivity index (χ0v) is 14.0. The Morgan fingerprint density at radius 1 is 1.12 bits per heavy atom. The van der Waals surface area contributed by atoms with E-state index in [0.29, 0.717) is 17.0 Å². The minimum atomic E-state index is -0.908. The highest BCUT2D eigenvalue weighted by molar-refractivity contribution is 5.97. The average Bonchev–Trinajstić information content (AvgIpc) is 2.61. The molecule has 0 saturated heterocycles. The number of amides is 1. The minimum Gasteiger partial charge on any atom is -0.497 e. The number of carbonyl (C=O) groups is 2. The van der Waals surface area contributed by atoms with Crippen molar-refractivity contribution in [3.05, 3.63) is 59.7 Å². The van der Waals surface area contributed by atoms with Gasteiger partial charge in [-0.1, -0.05) is 25.1 Å². The number of carbonyl (C=O) groups excluding carboxylic acids is 2. The van der Waals surface area contributed by atoms with E-state index >= 15 is 0 Å². The van der Waals surface area contributed by atoms with Crippen LogP contribution in [0.3, 0.4) is 0 Å². The fourth-order valence-corrected chi connectivity index (χ4v) is 2.10. The maximum Gasteiger partial charge on any atom is 0.338 e. The Labute approximate surface area is 141 Å². The molecule has 126 valence electrons. The highest BCUT2D eigenvalue weighted by Crippen LogP contribution is 2.17. The summed E-state index contributed by atoms with van der Waals surface area (Å²) in [5, 5.41) is 2.70. The summed E-state index contributed by atoms with van der Waals surface area (Å²) in [6.45, 7) is 3.58. The maximum atomic E-state index is 12.2. The minimum absolute atomic E-state index is 0.401. The van der Waals surface area contributed by atoms with Crippen molar-refractivity contribution in [1.82, 2.24) is 0 Å². The van der Waals surface area contributed by atoms with Gasteiger partial charge in [-0.05, 0) is 43.2 Å². The number of ether oxygens (including phenoxy) is 2. The second-order valence-corrected chi connectivity index (χ2v) is 5.32. The van der Waals surface area contributed by atoms with Gasteiger partial charge in [0.15, 0.2) is 6.10 Å². The zero-order chi connectivity index (χ0) is 17.5. The van der Waals surface area contributed by atoms with Crippen LogP contribution in [0, 0.1) is 0 Å². The van der Waals surface area contributed by atoms with Crippen LogP contribution in [0.1, 0.15) is 29.8 Å². The fourth-order valence-electron chi connectivity index (χ4n) is 2.10. The third-order valence-corrected chi connectivity index (χ3v) is 3.59. The number of hydrogen-bond acceptors (Lipinski definition) is 4. The number of esters is 1.